The average molecular weight is 432 g/mol. The highest BCUT2D eigenvalue weighted by atomic mass is 32.1. The van der Waals surface area contributed by atoms with Crippen molar-refractivity contribution in [2.45, 2.75) is 57.6 Å². The summed E-state index contributed by atoms with van der Waals surface area (Å²) in [6, 6.07) is 4.99. The van der Waals surface area contributed by atoms with Crippen LogP contribution in [0.1, 0.15) is 60.8 Å². The molecule has 0 unspecified atom stereocenters. The van der Waals surface area contributed by atoms with Gasteiger partial charge in [0.25, 0.3) is 0 Å². The van der Waals surface area contributed by atoms with E-state index in [4.69, 9.17) is 9.84 Å². The lowest BCUT2D eigenvalue weighted by Crippen LogP contribution is -2.38. The third kappa shape index (κ3) is 5.56. The van der Waals surface area contributed by atoms with Crippen molar-refractivity contribution in [2.75, 3.05) is 5.32 Å². The number of ether oxygens (including phenoxy) is 1. The molecule has 1 aromatic carbocycles. The third-order valence-corrected chi connectivity index (χ3v) is 6.15. The number of amides is 2. The van der Waals surface area contributed by atoms with E-state index in [9.17, 15) is 14.4 Å². The highest BCUT2D eigenvalue weighted by Gasteiger charge is 2.26. The summed E-state index contributed by atoms with van der Waals surface area (Å²) in [5.41, 5.74) is 1.49. The van der Waals surface area contributed by atoms with E-state index < -0.39 is 6.09 Å². The van der Waals surface area contributed by atoms with Crippen molar-refractivity contribution in [2.24, 2.45) is 0 Å². The number of carbonyl (C=O) groups is 3. The number of carbonyl (C=O) groups excluding carboxylic acids is 2. The molecule has 0 bridgehead atoms. The normalized spacial score (nSPS) is 18.6. The molecular weight excluding hydrogens is 406 g/mol. The van der Waals surface area contributed by atoms with E-state index in [1.807, 2.05) is 13.8 Å². The number of benzene rings is 1. The molecule has 0 spiro atoms. The molecule has 1 aromatic heterocycles. The molecule has 0 aliphatic heterocycles. The number of aromatic nitrogens is 1. The molecule has 8 nitrogen and oxygen atoms in total. The molecule has 1 heterocycles. The topological polar surface area (TPSA) is 118 Å². The molecule has 1 aliphatic rings. The lowest BCUT2D eigenvalue weighted by Gasteiger charge is -2.28. The Morgan fingerprint density at radius 2 is 2.00 bits per heavy atom. The van der Waals surface area contributed by atoms with Crippen molar-refractivity contribution in [3.63, 3.8) is 0 Å². The van der Waals surface area contributed by atoms with Gasteiger partial charge in [0.2, 0.25) is 0 Å². The van der Waals surface area contributed by atoms with E-state index in [1.165, 1.54) is 6.07 Å². The molecule has 3 N–H and O–H groups in total. The summed E-state index contributed by atoms with van der Waals surface area (Å²) in [6.45, 7) is 3.64. The second kappa shape index (κ2) is 9.71. The third-order valence-electron chi connectivity index (χ3n) is 4.96. The average Bonchev–Trinajstić information content (AvgIpc) is 3.17. The van der Waals surface area contributed by atoms with Crippen LogP contribution in [0.3, 0.4) is 0 Å². The minimum absolute atomic E-state index is 0.114. The molecule has 30 heavy (non-hydrogen) atoms. The lowest BCUT2D eigenvalue weighted by molar-refractivity contribution is 0.109. The van der Waals surface area contributed by atoms with E-state index in [0.29, 0.717) is 17.2 Å². The maximum Gasteiger partial charge on any atom is 0.409 e. The van der Waals surface area contributed by atoms with Crippen molar-refractivity contribution in [1.29, 1.82) is 0 Å². The van der Waals surface area contributed by atoms with Gasteiger partial charge >= 0.3 is 12.2 Å². The van der Waals surface area contributed by atoms with Crippen molar-refractivity contribution < 1.29 is 24.2 Å². The van der Waals surface area contributed by atoms with Gasteiger partial charge in [-0.15, -0.1) is 11.3 Å². The van der Waals surface area contributed by atoms with Gasteiger partial charge in [-0.05, 0) is 51.7 Å². The van der Waals surface area contributed by atoms with Gasteiger partial charge < -0.3 is 15.2 Å². The number of aldehydes is 1. The van der Waals surface area contributed by atoms with E-state index in [1.54, 1.807) is 29.7 Å². The number of anilines is 1. The molecule has 9 heteroatoms. The number of nitrogens with zero attached hydrogens (tertiary/aromatic N) is 1. The first kappa shape index (κ1) is 21.8. The van der Waals surface area contributed by atoms with Crippen LogP contribution in [0.25, 0.3) is 10.4 Å². The summed E-state index contributed by atoms with van der Waals surface area (Å²) in [6.07, 6.45) is 4.36. The molecule has 3 rings (SSSR count). The monoisotopic (exact) mass is 431 g/mol. The minimum atomic E-state index is -1.18. The van der Waals surface area contributed by atoms with Crippen LogP contribution >= 0.6 is 11.3 Å². The fraction of sp³-hybridized carbons (Fsp3) is 0.429. The van der Waals surface area contributed by atoms with Crippen LogP contribution in [-0.2, 0) is 4.74 Å². The number of rotatable bonds is 6. The van der Waals surface area contributed by atoms with Gasteiger partial charge in [0, 0.05) is 35.0 Å². The molecule has 0 radical (unpaired) electrons. The lowest BCUT2D eigenvalue weighted by atomic mass is 9.86. The van der Waals surface area contributed by atoms with Crippen LogP contribution in [0.15, 0.2) is 24.4 Å². The van der Waals surface area contributed by atoms with Crippen LogP contribution in [0.2, 0.25) is 0 Å². The molecular formula is C21H25N3O5S. The Balaban J connectivity index is 1.64. The Labute approximate surface area is 178 Å². The summed E-state index contributed by atoms with van der Waals surface area (Å²) in [5.74, 6) is 0.315. The molecule has 160 valence electrons. The standard InChI is InChI=1S/C21H25N3O5S/c1-12(2)29-21(28)24-15-5-3-13(4-6-15)19-22-10-18(30-19)17-8-7-16(23-20(26)27)9-14(17)11-25/h7-13,15,23H,3-6H2,1-2H3,(H,24,28)(H,26,27). The van der Waals surface area contributed by atoms with Gasteiger partial charge in [0.1, 0.15) is 0 Å². The number of thiazole rings is 1. The van der Waals surface area contributed by atoms with Crippen LogP contribution in [-0.4, -0.2) is 40.7 Å². The first-order chi connectivity index (χ1) is 14.4. The Bertz CT molecular complexity index is 919. The first-order valence-corrected chi connectivity index (χ1v) is 10.7. The predicted molar refractivity (Wildman–Crippen MR) is 114 cm³/mol. The second-order valence-electron chi connectivity index (χ2n) is 7.56. The zero-order valence-corrected chi connectivity index (χ0v) is 17.7. The van der Waals surface area contributed by atoms with Gasteiger partial charge in [-0.1, -0.05) is 6.07 Å². The molecule has 1 aliphatic carbocycles. The minimum Gasteiger partial charge on any atom is -0.465 e. The quantitative estimate of drug-likeness (QED) is 0.562. The number of nitrogens with one attached hydrogen (secondary N) is 2. The van der Waals surface area contributed by atoms with Gasteiger partial charge in [-0.3, -0.25) is 10.1 Å². The fourth-order valence-corrected chi connectivity index (χ4v) is 4.72. The summed E-state index contributed by atoms with van der Waals surface area (Å²) < 4.78 is 5.14. The predicted octanol–water partition coefficient (Wildman–Crippen LogP) is 4.87. The molecule has 2 aromatic rings. The summed E-state index contributed by atoms with van der Waals surface area (Å²) in [4.78, 5) is 39.5. The highest BCUT2D eigenvalue weighted by molar-refractivity contribution is 7.15. The number of alkyl carbamates (subject to hydrolysis) is 1. The Morgan fingerprint density at radius 3 is 2.63 bits per heavy atom. The van der Waals surface area contributed by atoms with Crippen molar-refractivity contribution in [3.8, 4) is 10.4 Å². The largest absolute Gasteiger partial charge is 0.465 e. The van der Waals surface area contributed by atoms with Crippen molar-refractivity contribution in [3.05, 3.63) is 35.0 Å². The van der Waals surface area contributed by atoms with Gasteiger partial charge in [0.05, 0.1) is 16.0 Å². The second-order valence-corrected chi connectivity index (χ2v) is 8.62. The zero-order valence-electron chi connectivity index (χ0n) is 16.9. The number of hydrogen-bond acceptors (Lipinski definition) is 6. The number of hydrogen-bond donors (Lipinski definition) is 3. The van der Waals surface area contributed by atoms with Crippen LogP contribution in [0, 0.1) is 0 Å². The maximum atomic E-state index is 11.8. The van der Waals surface area contributed by atoms with Gasteiger partial charge in [-0.2, -0.15) is 0 Å². The van der Waals surface area contributed by atoms with Gasteiger partial charge in [-0.25, -0.2) is 14.6 Å². The summed E-state index contributed by atoms with van der Waals surface area (Å²) in [5, 5.41) is 15.0. The Hall–Kier alpha value is -2.94. The molecule has 0 saturated heterocycles. The number of carboxylic acid groups (broad SMARTS) is 1. The van der Waals surface area contributed by atoms with E-state index in [2.05, 4.69) is 15.6 Å². The van der Waals surface area contributed by atoms with E-state index >= 15 is 0 Å². The fourth-order valence-electron chi connectivity index (χ4n) is 3.59. The molecule has 1 fully saturated rings. The van der Waals surface area contributed by atoms with Crippen molar-refractivity contribution >= 4 is 35.5 Å². The zero-order chi connectivity index (χ0) is 21.7. The summed E-state index contributed by atoms with van der Waals surface area (Å²) in [7, 11) is 0. The van der Waals surface area contributed by atoms with E-state index in [0.717, 1.165) is 47.4 Å². The van der Waals surface area contributed by atoms with E-state index in [-0.39, 0.29) is 18.2 Å². The van der Waals surface area contributed by atoms with Gasteiger partial charge in [0.15, 0.2) is 6.29 Å². The maximum absolute atomic E-state index is 11.8. The van der Waals surface area contributed by atoms with Crippen LogP contribution in [0.5, 0.6) is 0 Å². The SMILES string of the molecule is CC(C)OC(=O)NC1CCC(c2ncc(-c3ccc(NC(=O)O)cc3C=O)s2)CC1. The molecule has 0 atom stereocenters. The summed E-state index contributed by atoms with van der Waals surface area (Å²) >= 11 is 1.55. The van der Waals surface area contributed by atoms with Crippen LogP contribution in [0.4, 0.5) is 15.3 Å². The van der Waals surface area contributed by atoms with Crippen LogP contribution < -0.4 is 10.6 Å². The highest BCUT2D eigenvalue weighted by Crippen LogP contribution is 2.38. The molecule has 2 amide bonds. The first-order valence-electron chi connectivity index (χ1n) is 9.88. The Kier molecular flexibility index (Phi) is 7.04. The smallest absolute Gasteiger partial charge is 0.409 e. The van der Waals surface area contributed by atoms with Crippen molar-refractivity contribution in [1.82, 2.24) is 10.3 Å². The molecule has 1 saturated carbocycles. The Morgan fingerprint density at radius 1 is 1.27 bits per heavy atom.